The molecule has 0 atom stereocenters. The Morgan fingerprint density at radius 1 is 1.19 bits per heavy atom. The van der Waals surface area contributed by atoms with E-state index in [0.29, 0.717) is 29.5 Å². The molecule has 1 aromatic heterocycles. The summed E-state index contributed by atoms with van der Waals surface area (Å²) in [6.07, 6.45) is 1.75. The number of benzene rings is 2. The number of rotatable bonds is 7. The summed E-state index contributed by atoms with van der Waals surface area (Å²) in [5, 5.41) is 4.81. The van der Waals surface area contributed by atoms with Crippen LogP contribution in [0.2, 0.25) is 5.02 Å². The lowest BCUT2D eigenvalue weighted by Gasteiger charge is -2.18. The highest BCUT2D eigenvalue weighted by atomic mass is 35.5. The van der Waals surface area contributed by atoms with Crippen LogP contribution >= 0.6 is 11.6 Å². The number of carbonyl (C=O) groups excluding carboxylic acids is 1. The van der Waals surface area contributed by atoms with Gasteiger partial charge in [0.2, 0.25) is 0 Å². The average molecular weight is 384 g/mol. The van der Waals surface area contributed by atoms with Crippen molar-refractivity contribution >= 4 is 17.5 Å². The third-order valence-electron chi connectivity index (χ3n) is 4.25. The molecule has 27 heavy (non-hydrogen) atoms. The maximum absolute atomic E-state index is 12.8. The molecule has 3 rings (SSSR count). The number of aromatic nitrogens is 2. The van der Waals surface area contributed by atoms with Crippen LogP contribution in [0.25, 0.3) is 0 Å². The van der Waals surface area contributed by atoms with Crippen LogP contribution in [0.15, 0.2) is 60.8 Å². The number of aryl methyl sites for hydroxylation is 1. The molecule has 3 aromatic rings. The first-order valence-corrected chi connectivity index (χ1v) is 9.18. The van der Waals surface area contributed by atoms with Gasteiger partial charge in [-0.05, 0) is 42.8 Å². The summed E-state index contributed by atoms with van der Waals surface area (Å²) in [6.45, 7) is 3.66. The Balaban J connectivity index is 1.67. The molecule has 0 saturated carbocycles. The third-order valence-corrected chi connectivity index (χ3v) is 4.57. The van der Waals surface area contributed by atoms with Crippen molar-refractivity contribution in [1.82, 2.24) is 14.7 Å². The minimum atomic E-state index is -0.0431. The Labute approximate surface area is 164 Å². The molecule has 1 amide bonds. The molecule has 0 fully saturated rings. The molecule has 0 aliphatic carbocycles. The summed E-state index contributed by atoms with van der Waals surface area (Å²) >= 11 is 6.11. The Bertz CT molecular complexity index is 923. The summed E-state index contributed by atoms with van der Waals surface area (Å²) in [5.74, 6) is 0.583. The van der Waals surface area contributed by atoms with Gasteiger partial charge in [-0.25, -0.2) is 0 Å². The first-order chi connectivity index (χ1) is 13.1. The molecule has 0 bridgehead atoms. The molecule has 2 aromatic carbocycles. The Morgan fingerprint density at radius 2 is 2.00 bits per heavy atom. The van der Waals surface area contributed by atoms with Gasteiger partial charge in [-0.1, -0.05) is 35.9 Å². The van der Waals surface area contributed by atoms with Crippen molar-refractivity contribution in [3.63, 3.8) is 0 Å². The zero-order valence-corrected chi connectivity index (χ0v) is 16.2. The Hall–Kier alpha value is -2.79. The van der Waals surface area contributed by atoms with E-state index in [2.05, 4.69) is 5.10 Å². The highest BCUT2D eigenvalue weighted by molar-refractivity contribution is 6.32. The Morgan fingerprint density at radius 3 is 2.78 bits per heavy atom. The molecule has 0 spiro atoms. The summed E-state index contributed by atoms with van der Waals surface area (Å²) in [4.78, 5) is 14.5. The SMILES string of the molecule is CCn1nccc1CN(C)C(=O)c1cccc(COc2ccccc2Cl)c1. The highest BCUT2D eigenvalue weighted by Gasteiger charge is 2.14. The van der Waals surface area contributed by atoms with E-state index in [4.69, 9.17) is 16.3 Å². The number of hydrogen-bond acceptors (Lipinski definition) is 3. The fourth-order valence-electron chi connectivity index (χ4n) is 2.83. The normalized spacial score (nSPS) is 10.6. The lowest BCUT2D eigenvalue weighted by molar-refractivity contribution is 0.0781. The van der Waals surface area contributed by atoms with Crippen molar-refractivity contribution in [2.75, 3.05) is 7.05 Å². The average Bonchev–Trinajstić information content (AvgIpc) is 3.14. The second kappa shape index (κ2) is 8.73. The molecule has 5 nitrogen and oxygen atoms in total. The second-order valence-corrected chi connectivity index (χ2v) is 6.63. The number of nitrogens with zero attached hydrogens (tertiary/aromatic N) is 3. The lowest BCUT2D eigenvalue weighted by atomic mass is 10.1. The quantitative estimate of drug-likeness (QED) is 0.607. The summed E-state index contributed by atoms with van der Waals surface area (Å²) in [6, 6.07) is 16.7. The molecule has 6 heteroatoms. The molecule has 0 saturated heterocycles. The smallest absolute Gasteiger partial charge is 0.253 e. The maximum Gasteiger partial charge on any atom is 0.253 e. The molecular formula is C21H22ClN3O2. The van der Waals surface area contributed by atoms with Crippen LogP contribution in [0.5, 0.6) is 5.75 Å². The van der Waals surface area contributed by atoms with Gasteiger partial charge in [0.05, 0.1) is 17.3 Å². The van der Waals surface area contributed by atoms with Crippen LogP contribution in [-0.2, 0) is 19.7 Å². The molecule has 0 N–H and O–H groups in total. The van der Waals surface area contributed by atoms with Crippen LogP contribution in [0, 0.1) is 0 Å². The second-order valence-electron chi connectivity index (χ2n) is 6.22. The minimum absolute atomic E-state index is 0.0431. The van der Waals surface area contributed by atoms with E-state index in [1.54, 1.807) is 24.2 Å². The molecule has 0 aliphatic rings. The first kappa shape index (κ1) is 19.0. The fraction of sp³-hybridized carbons (Fsp3) is 0.238. The predicted octanol–water partition coefficient (Wildman–Crippen LogP) is 4.41. The van der Waals surface area contributed by atoms with E-state index in [9.17, 15) is 4.79 Å². The zero-order chi connectivity index (χ0) is 19.2. The van der Waals surface area contributed by atoms with E-state index in [1.807, 2.05) is 60.1 Å². The van der Waals surface area contributed by atoms with Gasteiger partial charge in [0.15, 0.2) is 0 Å². The number of halogens is 1. The van der Waals surface area contributed by atoms with Crippen molar-refractivity contribution in [3.05, 3.63) is 82.6 Å². The third kappa shape index (κ3) is 4.68. The summed E-state index contributed by atoms with van der Waals surface area (Å²) in [7, 11) is 1.79. The van der Waals surface area contributed by atoms with Gasteiger partial charge in [0.1, 0.15) is 12.4 Å². The van der Waals surface area contributed by atoms with Gasteiger partial charge in [-0.15, -0.1) is 0 Å². The molecule has 0 radical (unpaired) electrons. The van der Waals surface area contributed by atoms with E-state index in [1.165, 1.54) is 0 Å². The number of para-hydroxylation sites is 1. The van der Waals surface area contributed by atoms with Crippen LogP contribution in [0.1, 0.15) is 28.5 Å². The largest absolute Gasteiger partial charge is 0.487 e. The van der Waals surface area contributed by atoms with Crippen LogP contribution in [0.3, 0.4) is 0 Å². The number of ether oxygens (including phenoxy) is 1. The number of amides is 1. The van der Waals surface area contributed by atoms with Crippen molar-refractivity contribution in [2.45, 2.75) is 26.6 Å². The monoisotopic (exact) mass is 383 g/mol. The number of carbonyl (C=O) groups is 1. The maximum atomic E-state index is 12.8. The van der Waals surface area contributed by atoms with Gasteiger partial charge in [0.25, 0.3) is 5.91 Å². The predicted molar refractivity (Wildman–Crippen MR) is 106 cm³/mol. The van der Waals surface area contributed by atoms with E-state index < -0.39 is 0 Å². The van der Waals surface area contributed by atoms with E-state index >= 15 is 0 Å². The van der Waals surface area contributed by atoms with Crippen molar-refractivity contribution in [2.24, 2.45) is 0 Å². The topological polar surface area (TPSA) is 47.4 Å². The molecule has 1 heterocycles. The van der Waals surface area contributed by atoms with Gasteiger partial charge in [-0.2, -0.15) is 5.10 Å². The van der Waals surface area contributed by atoms with Gasteiger partial charge >= 0.3 is 0 Å². The highest BCUT2D eigenvalue weighted by Crippen LogP contribution is 2.24. The lowest BCUT2D eigenvalue weighted by Crippen LogP contribution is -2.27. The minimum Gasteiger partial charge on any atom is -0.487 e. The molecular weight excluding hydrogens is 362 g/mol. The van der Waals surface area contributed by atoms with E-state index in [0.717, 1.165) is 17.8 Å². The van der Waals surface area contributed by atoms with Gasteiger partial charge in [-0.3, -0.25) is 9.48 Å². The molecule has 0 unspecified atom stereocenters. The van der Waals surface area contributed by atoms with Crippen LogP contribution in [0.4, 0.5) is 0 Å². The van der Waals surface area contributed by atoms with E-state index in [-0.39, 0.29) is 5.91 Å². The van der Waals surface area contributed by atoms with Crippen LogP contribution in [-0.4, -0.2) is 27.6 Å². The van der Waals surface area contributed by atoms with Gasteiger partial charge < -0.3 is 9.64 Å². The molecule has 0 aliphatic heterocycles. The Kier molecular flexibility index (Phi) is 6.14. The standard InChI is InChI=1S/C21H22ClN3O2/c1-3-25-18(11-12-23-25)14-24(2)21(26)17-8-6-7-16(13-17)15-27-20-10-5-4-9-19(20)22/h4-13H,3,14-15H2,1-2H3. The zero-order valence-electron chi connectivity index (χ0n) is 15.4. The van der Waals surface area contributed by atoms with Crippen LogP contribution < -0.4 is 4.74 Å². The number of hydrogen-bond donors (Lipinski definition) is 0. The summed E-state index contributed by atoms with van der Waals surface area (Å²) in [5.41, 5.74) is 2.54. The first-order valence-electron chi connectivity index (χ1n) is 8.81. The van der Waals surface area contributed by atoms with Crippen molar-refractivity contribution in [1.29, 1.82) is 0 Å². The van der Waals surface area contributed by atoms with Crippen molar-refractivity contribution < 1.29 is 9.53 Å². The van der Waals surface area contributed by atoms with Crippen molar-refractivity contribution in [3.8, 4) is 5.75 Å². The molecule has 140 valence electrons. The van der Waals surface area contributed by atoms with Gasteiger partial charge in [0, 0.05) is 25.4 Å². The fourth-order valence-corrected chi connectivity index (χ4v) is 3.02. The summed E-state index contributed by atoms with van der Waals surface area (Å²) < 4.78 is 7.65.